The highest BCUT2D eigenvalue weighted by Gasteiger charge is 2.32. The number of amides is 2. The van der Waals surface area contributed by atoms with Crippen molar-refractivity contribution in [2.24, 2.45) is 0 Å². The largest absolute Gasteiger partial charge is 0.352 e. The van der Waals surface area contributed by atoms with Crippen LogP contribution in [0, 0.1) is 0 Å². The highest BCUT2D eigenvalue weighted by atomic mass is 16.2. The van der Waals surface area contributed by atoms with Gasteiger partial charge in [0, 0.05) is 48.9 Å². The Bertz CT molecular complexity index is 1040. The van der Waals surface area contributed by atoms with Crippen molar-refractivity contribution in [2.45, 2.75) is 31.8 Å². The molecular weight excluding hydrogens is 378 g/mol. The van der Waals surface area contributed by atoms with Crippen LogP contribution in [-0.4, -0.2) is 65.7 Å². The smallest absolute Gasteiger partial charge is 0.253 e. The van der Waals surface area contributed by atoms with E-state index in [0.717, 1.165) is 24.0 Å². The number of nitrogens with zero attached hydrogens (tertiary/aromatic N) is 2. The van der Waals surface area contributed by atoms with Crippen molar-refractivity contribution in [3.8, 4) is 11.1 Å². The fourth-order valence-electron chi connectivity index (χ4n) is 4.37. The number of hydrogen-bond donors (Lipinski definition) is 1. The first-order chi connectivity index (χ1) is 14.5. The first-order valence-electron chi connectivity index (χ1n) is 10.6. The maximum atomic E-state index is 13.1. The van der Waals surface area contributed by atoms with Gasteiger partial charge in [-0.3, -0.25) is 19.3 Å². The van der Waals surface area contributed by atoms with E-state index in [-0.39, 0.29) is 23.6 Å². The van der Waals surface area contributed by atoms with Gasteiger partial charge in [-0.15, -0.1) is 0 Å². The van der Waals surface area contributed by atoms with Crippen LogP contribution in [0.3, 0.4) is 0 Å². The van der Waals surface area contributed by atoms with Crippen LogP contribution in [0.2, 0.25) is 0 Å². The maximum Gasteiger partial charge on any atom is 0.253 e. The summed E-state index contributed by atoms with van der Waals surface area (Å²) >= 11 is 0. The van der Waals surface area contributed by atoms with E-state index in [9.17, 15) is 14.4 Å². The molecule has 5 rings (SSSR count). The van der Waals surface area contributed by atoms with Crippen LogP contribution in [0.15, 0.2) is 42.5 Å². The van der Waals surface area contributed by atoms with E-state index in [0.29, 0.717) is 48.9 Å². The predicted octanol–water partition coefficient (Wildman–Crippen LogP) is 2.32. The molecule has 30 heavy (non-hydrogen) atoms. The summed E-state index contributed by atoms with van der Waals surface area (Å²) in [5.41, 5.74) is 3.68. The number of benzene rings is 2. The normalized spacial score (nSPS) is 19.2. The van der Waals surface area contributed by atoms with Gasteiger partial charge in [-0.1, -0.05) is 30.3 Å². The van der Waals surface area contributed by atoms with Crippen LogP contribution in [0.5, 0.6) is 0 Å². The number of piperazine rings is 1. The summed E-state index contributed by atoms with van der Waals surface area (Å²) in [7, 11) is 0. The summed E-state index contributed by atoms with van der Waals surface area (Å²) in [6.07, 6.45) is 2.16. The Morgan fingerprint density at radius 3 is 2.30 bits per heavy atom. The molecule has 1 saturated carbocycles. The van der Waals surface area contributed by atoms with Gasteiger partial charge in [0.15, 0.2) is 5.78 Å². The number of carbonyl (C=O) groups is 3. The molecule has 0 radical (unpaired) electrons. The van der Waals surface area contributed by atoms with Crippen LogP contribution in [0.1, 0.15) is 46.0 Å². The number of carbonyl (C=O) groups excluding carboxylic acids is 3. The summed E-state index contributed by atoms with van der Waals surface area (Å²) in [6.45, 7) is 4.41. The summed E-state index contributed by atoms with van der Waals surface area (Å²) in [5, 5.41) is 3.05. The predicted molar refractivity (Wildman–Crippen MR) is 113 cm³/mol. The van der Waals surface area contributed by atoms with Crippen molar-refractivity contribution in [1.82, 2.24) is 15.1 Å². The van der Waals surface area contributed by atoms with E-state index in [2.05, 4.69) is 10.2 Å². The molecule has 0 spiro atoms. The quantitative estimate of drug-likeness (QED) is 0.726. The minimum Gasteiger partial charge on any atom is -0.352 e. The lowest BCUT2D eigenvalue weighted by atomic mass is 10.0. The van der Waals surface area contributed by atoms with Gasteiger partial charge in [0.25, 0.3) is 5.91 Å². The molecule has 1 aliphatic heterocycles. The lowest BCUT2D eigenvalue weighted by Gasteiger charge is -2.37. The van der Waals surface area contributed by atoms with Crippen molar-refractivity contribution in [1.29, 1.82) is 0 Å². The zero-order valence-corrected chi connectivity index (χ0v) is 17.1. The van der Waals surface area contributed by atoms with Crippen molar-refractivity contribution in [3.05, 3.63) is 59.2 Å². The Labute approximate surface area is 175 Å². The molecule has 1 heterocycles. The van der Waals surface area contributed by atoms with Gasteiger partial charge in [0.2, 0.25) is 5.91 Å². The molecule has 2 aromatic carbocycles. The van der Waals surface area contributed by atoms with Gasteiger partial charge in [-0.25, -0.2) is 0 Å². The van der Waals surface area contributed by atoms with Crippen LogP contribution >= 0.6 is 0 Å². The zero-order chi connectivity index (χ0) is 20.8. The third kappa shape index (κ3) is 3.31. The second-order valence-electron chi connectivity index (χ2n) is 8.42. The first kappa shape index (κ1) is 19.0. The van der Waals surface area contributed by atoms with Crippen molar-refractivity contribution < 1.29 is 14.4 Å². The monoisotopic (exact) mass is 403 g/mol. The zero-order valence-electron chi connectivity index (χ0n) is 17.1. The lowest BCUT2D eigenvalue weighted by Crippen LogP contribution is -2.55. The van der Waals surface area contributed by atoms with E-state index in [1.807, 2.05) is 48.2 Å². The number of fused-ring (bicyclic) bond motifs is 3. The Kier molecular flexibility index (Phi) is 4.66. The molecule has 0 aromatic heterocycles. The highest BCUT2D eigenvalue weighted by molar-refractivity contribution is 6.22. The van der Waals surface area contributed by atoms with Crippen LogP contribution in [0.25, 0.3) is 11.1 Å². The molecule has 3 aliphatic rings. The number of ketones is 1. The molecule has 1 unspecified atom stereocenters. The van der Waals surface area contributed by atoms with Crippen molar-refractivity contribution in [2.75, 3.05) is 26.2 Å². The lowest BCUT2D eigenvalue weighted by molar-refractivity contribution is -0.126. The van der Waals surface area contributed by atoms with Gasteiger partial charge in [-0.2, -0.15) is 0 Å². The molecule has 1 atom stereocenters. The first-order valence-corrected chi connectivity index (χ1v) is 10.6. The fourth-order valence-corrected chi connectivity index (χ4v) is 4.37. The van der Waals surface area contributed by atoms with E-state index < -0.39 is 0 Å². The Morgan fingerprint density at radius 1 is 0.933 bits per heavy atom. The van der Waals surface area contributed by atoms with E-state index >= 15 is 0 Å². The van der Waals surface area contributed by atoms with Crippen LogP contribution < -0.4 is 5.32 Å². The van der Waals surface area contributed by atoms with Crippen molar-refractivity contribution in [3.63, 3.8) is 0 Å². The van der Waals surface area contributed by atoms with E-state index in [1.165, 1.54) is 0 Å². The standard InChI is InChI=1S/C24H25N3O3/c1-15(23(29)25-17-7-8-17)26-10-12-27(13-11-26)24(30)16-6-9-19-18-4-2-3-5-20(18)22(28)21(19)14-16/h2-6,9,14-15,17H,7-8,10-13H2,1H3,(H,25,29). The maximum absolute atomic E-state index is 13.1. The minimum atomic E-state index is -0.182. The summed E-state index contributed by atoms with van der Waals surface area (Å²) < 4.78 is 0. The number of nitrogens with one attached hydrogen (secondary N) is 1. The summed E-state index contributed by atoms with van der Waals surface area (Å²) in [4.78, 5) is 42.0. The minimum absolute atomic E-state index is 0.0180. The van der Waals surface area contributed by atoms with Gasteiger partial charge in [0.1, 0.15) is 0 Å². The van der Waals surface area contributed by atoms with E-state index in [1.54, 1.807) is 6.07 Å². The Hall–Kier alpha value is -2.99. The Balaban J connectivity index is 1.25. The van der Waals surface area contributed by atoms with Gasteiger partial charge in [0.05, 0.1) is 6.04 Å². The second-order valence-corrected chi connectivity index (χ2v) is 8.42. The average molecular weight is 403 g/mol. The third-order valence-electron chi connectivity index (χ3n) is 6.43. The van der Waals surface area contributed by atoms with Crippen LogP contribution in [-0.2, 0) is 4.79 Å². The Morgan fingerprint density at radius 2 is 1.60 bits per heavy atom. The summed E-state index contributed by atoms with van der Waals surface area (Å²) in [5.74, 6) is 0.000776. The number of hydrogen-bond acceptors (Lipinski definition) is 4. The SMILES string of the molecule is CC(C(=O)NC1CC1)N1CCN(C(=O)c2ccc3c(c2)C(=O)c2ccccc2-3)CC1. The van der Waals surface area contributed by atoms with Gasteiger partial charge >= 0.3 is 0 Å². The molecule has 0 bridgehead atoms. The molecule has 2 amide bonds. The van der Waals surface area contributed by atoms with E-state index in [4.69, 9.17) is 0 Å². The molecule has 1 N–H and O–H groups in total. The van der Waals surface area contributed by atoms with Crippen LogP contribution in [0.4, 0.5) is 0 Å². The topological polar surface area (TPSA) is 69.7 Å². The number of rotatable bonds is 4. The molecule has 1 saturated heterocycles. The molecular formula is C24H25N3O3. The average Bonchev–Trinajstić information content (AvgIpc) is 3.56. The molecule has 2 fully saturated rings. The highest BCUT2D eigenvalue weighted by Crippen LogP contribution is 2.36. The van der Waals surface area contributed by atoms with Gasteiger partial charge in [-0.05, 0) is 43.0 Å². The second kappa shape index (κ2) is 7.36. The van der Waals surface area contributed by atoms with Gasteiger partial charge < -0.3 is 10.2 Å². The molecule has 2 aliphatic carbocycles. The molecule has 154 valence electrons. The summed E-state index contributed by atoms with van der Waals surface area (Å²) in [6, 6.07) is 13.2. The molecule has 6 heteroatoms. The van der Waals surface area contributed by atoms with Crippen molar-refractivity contribution >= 4 is 17.6 Å². The fraction of sp³-hybridized carbons (Fsp3) is 0.375. The molecule has 6 nitrogen and oxygen atoms in total. The third-order valence-corrected chi connectivity index (χ3v) is 6.43. The molecule has 2 aromatic rings.